The Labute approximate surface area is 184 Å². The zero-order valence-corrected chi connectivity index (χ0v) is 19.2. The normalized spacial score (nSPS) is 16.9. The number of para-hydroxylation sites is 2. The van der Waals surface area contributed by atoms with E-state index in [4.69, 9.17) is 9.47 Å². The Bertz CT molecular complexity index is 1000. The molecule has 2 aromatic carbocycles. The van der Waals surface area contributed by atoms with Crippen LogP contribution in [-0.4, -0.2) is 39.8 Å². The van der Waals surface area contributed by atoms with E-state index < -0.39 is 16.1 Å². The molecule has 0 fully saturated rings. The van der Waals surface area contributed by atoms with Gasteiger partial charge in [0.1, 0.15) is 11.5 Å². The van der Waals surface area contributed by atoms with Crippen molar-refractivity contribution in [2.24, 2.45) is 5.92 Å². The van der Waals surface area contributed by atoms with Crippen LogP contribution in [0.2, 0.25) is 0 Å². The molecule has 3 rings (SSSR count). The van der Waals surface area contributed by atoms with E-state index in [1.807, 2.05) is 24.3 Å². The van der Waals surface area contributed by atoms with E-state index in [9.17, 15) is 13.2 Å². The Kier molecular flexibility index (Phi) is 7.10. The van der Waals surface area contributed by atoms with Gasteiger partial charge in [0.15, 0.2) is 6.10 Å². The van der Waals surface area contributed by atoms with Crippen LogP contribution in [0, 0.1) is 5.92 Å². The number of methoxy groups -OCH3 is 1. The maximum Gasteiger partial charge on any atom is 0.263 e. The summed E-state index contributed by atoms with van der Waals surface area (Å²) in [6.07, 6.45) is -0.206. The molecule has 1 aliphatic heterocycles. The fourth-order valence-electron chi connectivity index (χ4n) is 3.61. The Morgan fingerprint density at radius 1 is 1.19 bits per heavy atom. The van der Waals surface area contributed by atoms with Crippen LogP contribution in [0.4, 0.5) is 5.69 Å². The first-order chi connectivity index (χ1) is 14.7. The molecule has 1 amide bonds. The van der Waals surface area contributed by atoms with Crippen LogP contribution in [0.25, 0.3) is 0 Å². The standard InChI is InChI=1S/C23H30N2O5S/c1-5-31(27,28)25-15-22(30-21-9-7-6-8-20(21)25)23(26)24-19(14-16(2)3)17-10-12-18(29-4)13-11-17/h6-13,16,19,22H,5,14-15H2,1-4H3,(H,24,26)/t19-,22+/m0/s1. The smallest absolute Gasteiger partial charge is 0.263 e. The minimum Gasteiger partial charge on any atom is -0.497 e. The molecule has 8 heteroatoms. The summed E-state index contributed by atoms with van der Waals surface area (Å²) in [4.78, 5) is 13.2. The van der Waals surface area contributed by atoms with Gasteiger partial charge < -0.3 is 14.8 Å². The molecule has 0 unspecified atom stereocenters. The fourth-order valence-corrected chi connectivity index (χ4v) is 4.73. The second kappa shape index (κ2) is 9.60. The van der Waals surface area contributed by atoms with Gasteiger partial charge in [-0.2, -0.15) is 0 Å². The molecule has 1 heterocycles. The number of nitrogens with zero attached hydrogens (tertiary/aromatic N) is 1. The van der Waals surface area contributed by atoms with E-state index in [1.54, 1.807) is 38.3 Å². The highest BCUT2D eigenvalue weighted by Crippen LogP contribution is 2.35. The number of sulfonamides is 1. The van der Waals surface area contributed by atoms with Gasteiger partial charge in [-0.25, -0.2) is 8.42 Å². The molecule has 0 saturated carbocycles. The van der Waals surface area contributed by atoms with Crippen LogP contribution in [0.1, 0.15) is 38.8 Å². The minimum absolute atomic E-state index is 0.0580. The van der Waals surface area contributed by atoms with E-state index in [2.05, 4.69) is 19.2 Å². The van der Waals surface area contributed by atoms with Crippen molar-refractivity contribution >= 4 is 21.6 Å². The maximum absolute atomic E-state index is 13.2. The van der Waals surface area contributed by atoms with Gasteiger partial charge in [0.2, 0.25) is 10.0 Å². The summed E-state index contributed by atoms with van der Waals surface area (Å²) < 4.78 is 37.7. The van der Waals surface area contributed by atoms with Crippen molar-refractivity contribution in [3.63, 3.8) is 0 Å². The van der Waals surface area contributed by atoms with Crippen LogP contribution >= 0.6 is 0 Å². The lowest BCUT2D eigenvalue weighted by molar-refractivity contribution is -0.128. The highest BCUT2D eigenvalue weighted by Gasteiger charge is 2.36. The highest BCUT2D eigenvalue weighted by molar-refractivity contribution is 7.92. The number of amides is 1. The summed E-state index contributed by atoms with van der Waals surface area (Å²) in [5.41, 5.74) is 1.42. The largest absolute Gasteiger partial charge is 0.497 e. The number of rotatable bonds is 8. The van der Waals surface area contributed by atoms with Crippen molar-refractivity contribution in [1.82, 2.24) is 5.32 Å². The number of benzene rings is 2. The van der Waals surface area contributed by atoms with E-state index >= 15 is 0 Å². The zero-order valence-electron chi connectivity index (χ0n) is 18.4. The summed E-state index contributed by atoms with van der Waals surface area (Å²) in [6, 6.07) is 14.2. The molecule has 168 valence electrons. The molecule has 0 aliphatic carbocycles. The molecule has 2 aromatic rings. The third-order valence-corrected chi connectivity index (χ3v) is 7.02. The molecule has 0 radical (unpaired) electrons. The molecule has 0 spiro atoms. The average Bonchev–Trinajstić information content (AvgIpc) is 2.77. The van der Waals surface area contributed by atoms with Gasteiger partial charge in [0, 0.05) is 0 Å². The number of hydrogen-bond acceptors (Lipinski definition) is 5. The third kappa shape index (κ3) is 5.31. The van der Waals surface area contributed by atoms with E-state index in [0.717, 1.165) is 17.7 Å². The van der Waals surface area contributed by atoms with Crippen molar-refractivity contribution in [2.45, 2.75) is 39.3 Å². The van der Waals surface area contributed by atoms with E-state index in [-0.39, 0.29) is 24.2 Å². The lowest BCUT2D eigenvalue weighted by Gasteiger charge is -2.35. The topological polar surface area (TPSA) is 84.9 Å². The molecule has 1 aliphatic rings. The molecule has 0 bridgehead atoms. The number of hydrogen-bond donors (Lipinski definition) is 1. The number of carbonyl (C=O) groups is 1. The summed E-state index contributed by atoms with van der Waals surface area (Å²) in [5, 5.41) is 3.07. The number of ether oxygens (including phenoxy) is 2. The summed E-state index contributed by atoms with van der Waals surface area (Å²) in [5.74, 6) is 1.07. The van der Waals surface area contributed by atoms with Gasteiger partial charge in [0.05, 0.1) is 31.1 Å². The van der Waals surface area contributed by atoms with Gasteiger partial charge in [-0.1, -0.05) is 38.1 Å². The zero-order chi connectivity index (χ0) is 22.6. The van der Waals surface area contributed by atoms with Crippen molar-refractivity contribution in [2.75, 3.05) is 23.7 Å². The second-order valence-corrected chi connectivity index (χ2v) is 10.2. The van der Waals surface area contributed by atoms with Gasteiger partial charge in [-0.05, 0) is 49.1 Å². The van der Waals surface area contributed by atoms with Gasteiger partial charge >= 0.3 is 0 Å². The molecule has 31 heavy (non-hydrogen) atoms. The second-order valence-electron chi connectivity index (χ2n) is 7.97. The monoisotopic (exact) mass is 446 g/mol. The van der Waals surface area contributed by atoms with Crippen LogP contribution in [0.15, 0.2) is 48.5 Å². The minimum atomic E-state index is -3.55. The first-order valence-corrected chi connectivity index (χ1v) is 12.1. The molecular weight excluding hydrogens is 416 g/mol. The van der Waals surface area contributed by atoms with Crippen molar-refractivity contribution in [3.8, 4) is 11.5 Å². The summed E-state index contributed by atoms with van der Waals surface area (Å²) >= 11 is 0. The predicted octanol–water partition coefficient (Wildman–Crippen LogP) is 3.52. The van der Waals surface area contributed by atoms with Crippen LogP contribution in [0.3, 0.4) is 0 Å². The lowest BCUT2D eigenvalue weighted by Crippen LogP contribution is -2.51. The summed E-state index contributed by atoms with van der Waals surface area (Å²) in [6.45, 7) is 5.71. The number of nitrogens with one attached hydrogen (secondary N) is 1. The first kappa shape index (κ1) is 22.9. The van der Waals surface area contributed by atoms with Gasteiger partial charge in [-0.15, -0.1) is 0 Å². The Balaban J connectivity index is 1.84. The van der Waals surface area contributed by atoms with Crippen LogP contribution in [-0.2, 0) is 14.8 Å². The van der Waals surface area contributed by atoms with Crippen LogP contribution in [0.5, 0.6) is 11.5 Å². The predicted molar refractivity (Wildman–Crippen MR) is 121 cm³/mol. The molecule has 1 N–H and O–H groups in total. The van der Waals surface area contributed by atoms with Gasteiger partial charge in [-0.3, -0.25) is 9.10 Å². The number of anilines is 1. The maximum atomic E-state index is 13.2. The molecule has 2 atom stereocenters. The van der Waals surface area contributed by atoms with Crippen LogP contribution < -0.4 is 19.1 Å². The first-order valence-electron chi connectivity index (χ1n) is 10.5. The highest BCUT2D eigenvalue weighted by atomic mass is 32.2. The van der Waals surface area contributed by atoms with Crippen molar-refractivity contribution in [3.05, 3.63) is 54.1 Å². The SMILES string of the molecule is CCS(=O)(=O)N1C[C@H](C(=O)N[C@@H](CC(C)C)c2ccc(OC)cc2)Oc2ccccc21. The fraction of sp³-hybridized carbons (Fsp3) is 0.435. The lowest BCUT2D eigenvalue weighted by atomic mass is 9.96. The summed E-state index contributed by atoms with van der Waals surface area (Å²) in [7, 11) is -1.94. The number of fused-ring (bicyclic) bond motifs is 1. The Morgan fingerprint density at radius 2 is 1.87 bits per heavy atom. The molecular formula is C23H30N2O5S. The Morgan fingerprint density at radius 3 is 2.48 bits per heavy atom. The van der Waals surface area contributed by atoms with Crippen molar-refractivity contribution in [1.29, 1.82) is 0 Å². The molecule has 0 saturated heterocycles. The quantitative estimate of drug-likeness (QED) is 0.671. The molecule has 7 nitrogen and oxygen atoms in total. The van der Waals surface area contributed by atoms with E-state index in [1.165, 1.54) is 4.31 Å². The van der Waals surface area contributed by atoms with Crippen molar-refractivity contribution < 1.29 is 22.7 Å². The van der Waals surface area contributed by atoms with Gasteiger partial charge in [0.25, 0.3) is 5.91 Å². The molecule has 0 aromatic heterocycles. The Hall–Kier alpha value is -2.74. The number of carbonyl (C=O) groups excluding carboxylic acids is 1. The average molecular weight is 447 g/mol. The van der Waals surface area contributed by atoms with E-state index in [0.29, 0.717) is 17.4 Å². The third-order valence-electron chi connectivity index (χ3n) is 5.27.